The summed E-state index contributed by atoms with van der Waals surface area (Å²) in [6.07, 6.45) is 1.60. The average Bonchev–Trinajstić information content (AvgIpc) is 2.80. The smallest absolute Gasteiger partial charge is 0.252 e. The Hall–Kier alpha value is -3.57. The molecule has 0 aliphatic heterocycles. The highest BCUT2D eigenvalue weighted by Crippen LogP contribution is 2.38. The van der Waals surface area contributed by atoms with Crippen LogP contribution in [0.5, 0.6) is 11.5 Å². The third kappa shape index (κ3) is 4.18. The molecule has 0 spiro atoms. The fourth-order valence-electron chi connectivity index (χ4n) is 3.50. The number of amides is 1. The van der Waals surface area contributed by atoms with Crippen molar-refractivity contribution in [1.82, 2.24) is 10.3 Å². The Labute approximate surface area is 185 Å². The van der Waals surface area contributed by atoms with E-state index in [-0.39, 0.29) is 11.7 Å². The van der Waals surface area contributed by atoms with Crippen molar-refractivity contribution in [1.29, 1.82) is 0 Å². The number of hydrogen-bond acceptors (Lipinski definition) is 4. The molecular weight excluding hydrogens is 412 g/mol. The van der Waals surface area contributed by atoms with Gasteiger partial charge < -0.3 is 15.2 Å². The van der Waals surface area contributed by atoms with Crippen LogP contribution < -0.4 is 10.1 Å². The largest absolute Gasteiger partial charge is 0.505 e. The number of hydrogen-bond donors (Lipinski definition) is 2. The van der Waals surface area contributed by atoms with Gasteiger partial charge in [-0.1, -0.05) is 47.5 Å². The molecule has 2 N–H and O–H groups in total. The number of phenolic OH excluding ortho intramolecular Hbond substituents is 1. The summed E-state index contributed by atoms with van der Waals surface area (Å²) in [6.45, 7) is 1.99. The number of carbonyl (C=O) groups excluding carboxylic acids is 1. The Morgan fingerprint density at radius 2 is 1.87 bits per heavy atom. The van der Waals surface area contributed by atoms with Crippen molar-refractivity contribution < 1.29 is 14.6 Å². The van der Waals surface area contributed by atoms with Crippen LogP contribution >= 0.6 is 11.6 Å². The molecular formula is C25H21ClN2O3. The molecule has 1 amide bonds. The molecule has 156 valence electrons. The number of aryl methyl sites for hydroxylation is 1. The number of rotatable bonds is 5. The SMILES string of the molecule is COc1cccc(C(=O)N[C@H](c2ccc(C)cc2)c2cc(Cl)c3cccnc3c2O)c1. The highest BCUT2D eigenvalue weighted by molar-refractivity contribution is 6.35. The maximum atomic E-state index is 13.1. The van der Waals surface area contributed by atoms with Crippen molar-refractivity contribution in [2.24, 2.45) is 0 Å². The molecule has 0 radical (unpaired) electrons. The zero-order valence-corrected chi connectivity index (χ0v) is 17.9. The molecule has 31 heavy (non-hydrogen) atoms. The van der Waals surface area contributed by atoms with Gasteiger partial charge in [-0.2, -0.15) is 0 Å². The summed E-state index contributed by atoms with van der Waals surface area (Å²) < 4.78 is 5.23. The molecule has 1 atom stereocenters. The van der Waals surface area contributed by atoms with Crippen molar-refractivity contribution in [3.8, 4) is 11.5 Å². The zero-order valence-electron chi connectivity index (χ0n) is 17.1. The Balaban J connectivity index is 1.82. The fourth-order valence-corrected chi connectivity index (χ4v) is 3.77. The Morgan fingerprint density at radius 3 is 2.61 bits per heavy atom. The second-order valence-electron chi connectivity index (χ2n) is 7.24. The third-order valence-corrected chi connectivity index (χ3v) is 5.49. The van der Waals surface area contributed by atoms with Crippen LogP contribution in [0.4, 0.5) is 0 Å². The third-order valence-electron chi connectivity index (χ3n) is 5.17. The highest BCUT2D eigenvalue weighted by Gasteiger charge is 2.24. The van der Waals surface area contributed by atoms with Gasteiger partial charge in [-0.15, -0.1) is 0 Å². The summed E-state index contributed by atoms with van der Waals surface area (Å²) in [4.78, 5) is 17.4. The predicted molar refractivity (Wildman–Crippen MR) is 122 cm³/mol. The van der Waals surface area contributed by atoms with Crippen molar-refractivity contribution in [2.75, 3.05) is 7.11 Å². The van der Waals surface area contributed by atoms with Crippen molar-refractivity contribution in [3.05, 3.63) is 100 Å². The van der Waals surface area contributed by atoms with Gasteiger partial charge in [-0.25, -0.2) is 0 Å². The number of phenols is 1. The maximum Gasteiger partial charge on any atom is 0.252 e. The summed E-state index contributed by atoms with van der Waals surface area (Å²) in [5.74, 6) is 0.262. The van der Waals surface area contributed by atoms with Gasteiger partial charge in [-0.05, 0) is 48.9 Å². The molecule has 4 rings (SSSR count). The molecule has 0 saturated heterocycles. The Bertz CT molecular complexity index is 1260. The van der Waals surface area contributed by atoms with Crippen LogP contribution in [0.1, 0.15) is 33.1 Å². The number of aromatic nitrogens is 1. The number of carbonyl (C=O) groups is 1. The lowest BCUT2D eigenvalue weighted by molar-refractivity contribution is 0.0942. The zero-order chi connectivity index (χ0) is 22.0. The molecule has 1 aromatic heterocycles. The molecule has 0 aliphatic carbocycles. The minimum Gasteiger partial charge on any atom is -0.505 e. The summed E-state index contributed by atoms with van der Waals surface area (Å²) >= 11 is 6.50. The minimum absolute atomic E-state index is 0.0171. The molecule has 0 fully saturated rings. The molecule has 0 saturated carbocycles. The van der Waals surface area contributed by atoms with E-state index < -0.39 is 6.04 Å². The van der Waals surface area contributed by atoms with Crippen molar-refractivity contribution in [3.63, 3.8) is 0 Å². The van der Waals surface area contributed by atoms with Gasteiger partial charge in [0, 0.05) is 22.7 Å². The van der Waals surface area contributed by atoms with E-state index in [1.54, 1.807) is 55.8 Å². The lowest BCUT2D eigenvalue weighted by Gasteiger charge is -2.22. The number of aromatic hydroxyl groups is 1. The summed E-state index contributed by atoms with van der Waals surface area (Å²) in [5, 5.41) is 15.2. The summed E-state index contributed by atoms with van der Waals surface area (Å²) in [6, 6.07) is 19.2. The van der Waals surface area contributed by atoms with Gasteiger partial charge >= 0.3 is 0 Å². The average molecular weight is 433 g/mol. The predicted octanol–water partition coefficient (Wildman–Crippen LogP) is 5.43. The first kappa shape index (κ1) is 20.7. The van der Waals surface area contributed by atoms with Gasteiger partial charge in [0.05, 0.1) is 18.2 Å². The topological polar surface area (TPSA) is 71.5 Å². The normalized spacial score (nSPS) is 11.8. The quantitative estimate of drug-likeness (QED) is 0.441. The van der Waals surface area contributed by atoms with Gasteiger partial charge in [0.1, 0.15) is 17.0 Å². The number of nitrogens with one attached hydrogen (secondary N) is 1. The van der Waals surface area contributed by atoms with Crippen LogP contribution in [0.25, 0.3) is 10.9 Å². The van der Waals surface area contributed by atoms with Gasteiger partial charge in [-0.3, -0.25) is 9.78 Å². The van der Waals surface area contributed by atoms with E-state index in [0.29, 0.717) is 32.8 Å². The van der Waals surface area contributed by atoms with Crippen LogP contribution in [-0.2, 0) is 0 Å². The van der Waals surface area contributed by atoms with Crippen LogP contribution in [0.2, 0.25) is 5.02 Å². The van der Waals surface area contributed by atoms with Crippen LogP contribution in [0.15, 0.2) is 72.9 Å². The van der Waals surface area contributed by atoms with E-state index in [4.69, 9.17) is 16.3 Å². The number of ether oxygens (including phenoxy) is 1. The molecule has 1 heterocycles. The van der Waals surface area contributed by atoms with Crippen molar-refractivity contribution in [2.45, 2.75) is 13.0 Å². The van der Waals surface area contributed by atoms with Crippen molar-refractivity contribution >= 4 is 28.4 Å². The van der Waals surface area contributed by atoms with Gasteiger partial charge in [0.2, 0.25) is 0 Å². The lowest BCUT2D eigenvalue weighted by Crippen LogP contribution is -2.29. The molecule has 0 unspecified atom stereocenters. The van der Waals surface area contributed by atoms with Crippen LogP contribution in [0.3, 0.4) is 0 Å². The second kappa shape index (κ2) is 8.66. The molecule has 5 nitrogen and oxygen atoms in total. The second-order valence-corrected chi connectivity index (χ2v) is 7.65. The number of methoxy groups -OCH3 is 1. The van der Waals surface area contributed by atoms with Crippen LogP contribution in [0, 0.1) is 6.92 Å². The molecule has 0 bridgehead atoms. The van der Waals surface area contributed by atoms with Gasteiger partial charge in [0.25, 0.3) is 5.91 Å². The first-order valence-corrected chi connectivity index (χ1v) is 10.1. The molecule has 6 heteroatoms. The number of fused-ring (bicyclic) bond motifs is 1. The van der Waals surface area contributed by atoms with E-state index in [9.17, 15) is 9.90 Å². The lowest BCUT2D eigenvalue weighted by atomic mass is 9.95. The van der Waals surface area contributed by atoms with E-state index in [1.165, 1.54) is 0 Å². The van der Waals surface area contributed by atoms with E-state index in [2.05, 4.69) is 10.3 Å². The number of pyridine rings is 1. The first-order chi connectivity index (χ1) is 15.0. The first-order valence-electron chi connectivity index (χ1n) is 9.75. The molecule has 4 aromatic rings. The fraction of sp³-hybridized carbons (Fsp3) is 0.120. The number of halogens is 1. The van der Waals surface area contributed by atoms with Crippen LogP contribution in [-0.4, -0.2) is 23.1 Å². The Kier molecular flexibility index (Phi) is 5.78. The highest BCUT2D eigenvalue weighted by atomic mass is 35.5. The molecule has 0 aliphatic rings. The molecule has 3 aromatic carbocycles. The monoisotopic (exact) mass is 432 g/mol. The number of benzene rings is 3. The number of nitrogens with zero attached hydrogens (tertiary/aromatic N) is 1. The van der Waals surface area contributed by atoms with E-state index >= 15 is 0 Å². The van der Waals surface area contributed by atoms with Gasteiger partial charge in [0.15, 0.2) is 0 Å². The summed E-state index contributed by atoms with van der Waals surface area (Å²) in [5.41, 5.74) is 3.20. The van der Waals surface area contributed by atoms with E-state index in [1.807, 2.05) is 31.2 Å². The Morgan fingerprint density at radius 1 is 1.10 bits per heavy atom. The summed E-state index contributed by atoms with van der Waals surface area (Å²) in [7, 11) is 1.55. The maximum absolute atomic E-state index is 13.1. The minimum atomic E-state index is -0.636. The standard InChI is InChI=1S/C25H21ClN2O3/c1-15-8-10-16(11-9-15)22(28-25(30)17-5-3-6-18(13-17)31-2)20-14-21(26)19-7-4-12-27-23(19)24(20)29/h3-14,22,29H,1-2H3,(H,28,30)/t22-/m1/s1. The van der Waals surface area contributed by atoms with E-state index in [0.717, 1.165) is 11.1 Å².